The van der Waals surface area contributed by atoms with Crippen LogP contribution in [0.25, 0.3) is 6.08 Å². The Morgan fingerprint density at radius 2 is 1.91 bits per heavy atom. The Morgan fingerprint density at radius 3 is 2.62 bits per heavy atom. The van der Waals surface area contributed by atoms with Crippen molar-refractivity contribution in [3.8, 4) is 0 Å². The summed E-state index contributed by atoms with van der Waals surface area (Å²) in [4.78, 5) is 44.8. The van der Waals surface area contributed by atoms with Gasteiger partial charge in [-0.1, -0.05) is 31.6 Å². The van der Waals surface area contributed by atoms with Crippen molar-refractivity contribution in [1.82, 2.24) is 19.1 Å². The number of nitrogens with one attached hydrogen (secondary N) is 2. The molecule has 0 atom stereocenters. The number of hydrogen-bond acceptors (Lipinski definition) is 5. The van der Waals surface area contributed by atoms with Crippen LogP contribution in [0.4, 0.5) is 14.7 Å². The summed E-state index contributed by atoms with van der Waals surface area (Å²) in [5, 5.41) is 3.10. The number of halogens is 2. The SMILES string of the molecule is C=Cc1cc(Cn2c(NCC3CCCC3)nc(=O)n(Cc3ccc[nH]c3=O)c2=O)cc(F)c1F. The van der Waals surface area contributed by atoms with E-state index in [9.17, 15) is 23.2 Å². The summed E-state index contributed by atoms with van der Waals surface area (Å²) in [5.41, 5.74) is -1.49. The van der Waals surface area contributed by atoms with Gasteiger partial charge in [-0.25, -0.2) is 22.9 Å². The molecule has 0 radical (unpaired) electrons. The second-order valence-corrected chi connectivity index (χ2v) is 8.41. The van der Waals surface area contributed by atoms with Gasteiger partial charge in [-0.3, -0.25) is 9.36 Å². The molecule has 0 spiro atoms. The summed E-state index contributed by atoms with van der Waals surface area (Å²) in [6, 6.07) is 5.47. The second-order valence-electron chi connectivity index (χ2n) is 8.41. The Balaban J connectivity index is 1.77. The number of aromatic amines is 1. The van der Waals surface area contributed by atoms with E-state index in [1.165, 1.54) is 29.0 Å². The lowest BCUT2D eigenvalue weighted by atomic mass is 10.1. The molecule has 4 rings (SSSR count). The van der Waals surface area contributed by atoms with Gasteiger partial charge in [-0.2, -0.15) is 4.98 Å². The molecule has 1 aliphatic rings. The highest BCUT2D eigenvalue weighted by Gasteiger charge is 2.19. The van der Waals surface area contributed by atoms with Crippen LogP contribution in [0.15, 0.2) is 51.4 Å². The van der Waals surface area contributed by atoms with Gasteiger partial charge in [-0.05, 0) is 42.5 Å². The Morgan fingerprint density at radius 1 is 1.15 bits per heavy atom. The Hall–Kier alpha value is -3.82. The molecule has 34 heavy (non-hydrogen) atoms. The van der Waals surface area contributed by atoms with E-state index in [0.717, 1.165) is 36.3 Å². The number of pyridine rings is 1. The summed E-state index contributed by atoms with van der Waals surface area (Å²) in [5.74, 6) is -1.66. The van der Waals surface area contributed by atoms with Crippen molar-refractivity contribution in [2.75, 3.05) is 11.9 Å². The predicted octanol–water partition coefficient (Wildman–Crippen LogP) is 2.71. The van der Waals surface area contributed by atoms with E-state index < -0.39 is 28.6 Å². The van der Waals surface area contributed by atoms with Crippen LogP contribution in [0.3, 0.4) is 0 Å². The van der Waals surface area contributed by atoms with Crippen LogP contribution < -0.4 is 22.3 Å². The van der Waals surface area contributed by atoms with Crippen LogP contribution in [0.2, 0.25) is 0 Å². The molecular formula is C24H25F2N5O3. The average Bonchev–Trinajstić information content (AvgIpc) is 3.34. The molecule has 1 aliphatic carbocycles. The molecule has 2 aromatic heterocycles. The minimum Gasteiger partial charge on any atom is -0.355 e. The molecule has 8 nitrogen and oxygen atoms in total. The number of rotatable bonds is 8. The zero-order valence-electron chi connectivity index (χ0n) is 18.5. The van der Waals surface area contributed by atoms with Crippen LogP contribution in [0.1, 0.15) is 42.4 Å². The highest BCUT2D eigenvalue weighted by atomic mass is 19.2. The van der Waals surface area contributed by atoms with E-state index in [0.29, 0.717) is 18.0 Å². The molecule has 0 amide bonds. The van der Waals surface area contributed by atoms with Gasteiger partial charge >= 0.3 is 11.4 Å². The fourth-order valence-electron chi connectivity index (χ4n) is 4.23. The summed E-state index contributed by atoms with van der Waals surface area (Å²) in [7, 11) is 0. The lowest BCUT2D eigenvalue weighted by molar-refractivity contribution is 0.503. The number of hydrogen-bond donors (Lipinski definition) is 2. The Kier molecular flexibility index (Phi) is 6.85. The van der Waals surface area contributed by atoms with Crippen molar-refractivity contribution in [2.24, 2.45) is 5.92 Å². The molecule has 2 N–H and O–H groups in total. The highest BCUT2D eigenvalue weighted by molar-refractivity contribution is 5.49. The van der Waals surface area contributed by atoms with E-state index in [1.807, 2.05) is 0 Å². The first kappa shape index (κ1) is 23.3. The number of benzene rings is 1. The van der Waals surface area contributed by atoms with Gasteiger partial charge in [0.15, 0.2) is 11.6 Å². The highest BCUT2D eigenvalue weighted by Crippen LogP contribution is 2.24. The van der Waals surface area contributed by atoms with Crippen LogP contribution in [-0.4, -0.2) is 25.6 Å². The molecule has 0 aliphatic heterocycles. The first-order valence-corrected chi connectivity index (χ1v) is 11.1. The molecule has 1 saturated carbocycles. The Bertz CT molecular complexity index is 1390. The van der Waals surface area contributed by atoms with E-state index >= 15 is 0 Å². The topological polar surface area (TPSA) is 102 Å². The quantitative estimate of drug-likeness (QED) is 0.528. The lowest BCUT2D eigenvalue weighted by Crippen LogP contribution is -2.44. The minimum atomic E-state index is -1.07. The molecule has 1 aromatic carbocycles. The van der Waals surface area contributed by atoms with E-state index in [4.69, 9.17) is 0 Å². The third kappa shape index (κ3) is 4.90. The fourth-order valence-corrected chi connectivity index (χ4v) is 4.23. The van der Waals surface area contributed by atoms with E-state index in [-0.39, 0.29) is 30.2 Å². The van der Waals surface area contributed by atoms with Gasteiger partial charge in [0.1, 0.15) is 0 Å². The van der Waals surface area contributed by atoms with Gasteiger partial charge in [0.2, 0.25) is 5.95 Å². The van der Waals surface area contributed by atoms with Crippen LogP contribution in [0.5, 0.6) is 0 Å². The third-order valence-corrected chi connectivity index (χ3v) is 6.08. The standard InChI is InChI=1S/C24H25F2N5O3/c1-2-17-10-16(11-19(25)20(17)26)13-30-22(28-12-15-6-3-4-7-15)29-23(33)31(24(30)34)14-18-8-5-9-27-21(18)32/h2,5,8-11,15H,1,3-4,6-7,12-14H2,(H,27,32)(H,28,29,33). The van der Waals surface area contributed by atoms with Gasteiger partial charge < -0.3 is 10.3 Å². The van der Waals surface area contributed by atoms with Crippen LogP contribution in [-0.2, 0) is 13.1 Å². The fraction of sp³-hybridized carbons (Fsp3) is 0.333. The number of H-pyrrole nitrogens is 1. The molecule has 178 valence electrons. The van der Waals surface area contributed by atoms with Gasteiger partial charge in [0.05, 0.1) is 13.1 Å². The molecule has 0 unspecified atom stereocenters. The molecular weight excluding hydrogens is 444 g/mol. The monoisotopic (exact) mass is 469 g/mol. The summed E-state index contributed by atoms with van der Waals surface area (Å²) >= 11 is 0. The number of aromatic nitrogens is 4. The van der Waals surface area contributed by atoms with Gasteiger partial charge in [-0.15, -0.1) is 0 Å². The maximum atomic E-state index is 14.1. The molecule has 1 fully saturated rings. The first-order chi connectivity index (χ1) is 16.4. The van der Waals surface area contributed by atoms with E-state index in [1.54, 1.807) is 6.07 Å². The van der Waals surface area contributed by atoms with Crippen molar-refractivity contribution < 1.29 is 8.78 Å². The van der Waals surface area contributed by atoms with Crippen molar-refractivity contribution in [3.63, 3.8) is 0 Å². The van der Waals surface area contributed by atoms with Crippen molar-refractivity contribution in [3.05, 3.63) is 96.7 Å². The van der Waals surface area contributed by atoms with Gasteiger partial charge in [0, 0.05) is 23.9 Å². The van der Waals surface area contributed by atoms with Crippen molar-refractivity contribution in [1.29, 1.82) is 0 Å². The average molecular weight is 469 g/mol. The number of nitrogens with zero attached hydrogens (tertiary/aromatic N) is 3. The molecule has 2 heterocycles. The lowest BCUT2D eigenvalue weighted by Gasteiger charge is -2.17. The smallest absolute Gasteiger partial charge is 0.355 e. The predicted molar refractivity (Wildman–Crippen MR) is 125 cm³/mol. The normalized spacial score (nSPS) is 13.8. The maximum Gasteiger partial charge on any atom is 0.355 e. The minimum absolute atomic E-state index is 0.0411. The summed E-state index contributed by atoms with van der Waals surface area (Å²) < 4.78 is 30.1. The number of anilines is 1. The third-order valence-electron chi connectivity index (χ3n) is 6.08. The first-order valence-electron chi connectivity index (χ1n) is 11.1. The maximum absolute atomic E-state index is 14.1. The van der Waals surface area contributed by atoms with Crippen LogP contribution >= 0.6 is 0 Å². The largest absolute Gasteiger partial charge is 0.355 e. The van der Waals surface area contributed by atoms with Crippen molar-refractivity contribution >= 4 is 12.0 Å². The van der Waals surface area contributed by atoms with Gasteiger partial charge in [0.25, 0.3) is 5.56 Å². The van der Waals surface area contributed by atoms with Crippen LogP contribution in [0, 0.1) is 17.6 Å². The molecule has 0 bridgehead atoms. The zero-order chi connectivity index (χ0) is 24.2. The molecule has 10 heteroatoms. The Labute approximate surface area is 193 Å². The summed E-state index contributed by atoms with van der Waals surface area (Å²) in [6.07, 6.45) is 6.96. The van der Waals surface area contributed by atoms with Crippen molar-refractivity contribution in [2.45, 2.75) is 38.8 Å². The van der Waals surface area contributed by atoms with E-state index in [2.05, 4.69) is 21.9 Å². The summed E-state index contributed by atoms with van der Waals surface area (Å²) in [6.45, 7) is 3.58. The molecule has 0 saturated heterocycles. The molecule has 3 aromatic rings. The second kappa shape index (κ2) is 9.98. The zero-order valence-corrected chi connectivity index (χ0v) is 18.5.